The number of ether oxygens (including phenoxy) is 1. The number of hydrogen-bond acceptors (Lipinski definition) is 8. The molecule has 0 bridgehead atoms. The number of benzene rings is 1. The van der Waals surface area contributed by atoms with E-state index < -0.39 is 0 Å². The predicted molar refractivity (Wildman–Crippen MR) is 120 cm³/mol. The Balaban J connectivity index is 0.000000775. The molecule has 4 aromatic rings. The van der Waals surface area contributed by atoms with Gasteiger partial charge in [-0.2, -0.15) is 4.98 Å². The average Bonchev–Trinajstić information content (AvgIpc) is 3.47. The molecule has 9 nitrogen and oxygen atoms in total. The van der Waals surface area contributed by atoms with Crippen molar-refractivity contribution in [1.82, 2.24) is 20.2 Å². The van der Waals surface area contributed by atoms with E-state index in [4.69, 9.17) is 19.1 Å². The van der Waals surface area contributed by atoms with Crippen molar-refractivity contribution in [2.45, 2.75) is 25.9 Å². The Morgan fingerprint density at radius 1 is 1.44 bits per heavy atom. The molecule has 1 unspecified atom stereocenters. The summed E-state index contributed by atoms with van der Waals surface area (Å²) in [5, 5.41) is 11.5. The zero-order valence-electron chi connectivity index (χ0n) is 17.4. The van der Waals surface area contributed by atoms with Crippen molar-refractivity contribution in [3.63, 3.8) is 0 Å². The summed E-state index contributed by atoms with van der Waals surface area (Å²) < 4.78 is 12.7. The minimum atomic E-state index is -0.250. The molecule has 3 aromatic heterocycles. The van der Waals surface area contributed by atoms with Crippen LogP contribution in [0.1, 0.15) is 18.9 Å². The predicted octanol–water partition coefficient (Wildman–Crippen LogP) is 3.64. The van der Waals surface area contributed by atoms with E-state index in [0.717, 1.165) is 47.3 Å². The van der Waals surface area contributed by atoms with Crippen molar-refractivity contribution in [1.29, 1.82) is 0 Å². The van der Waals surface area contributed by atoms with Gasteiger partial charge >= 0.3 is 0 Å². The number of carboxylic acid groups (broad SMARTS) is 1. The maximum atomic E-state index is 11.2. The van der Waals surface area contributed by atoms with Gasteiger partial charge in [-0.25, -0.2) is 4.98 Å². The molecular weight excluding hydrogens is 432 g/mol. The summed E-state index contributed by atoms with van der Waals surface area (Å²) in [6.07, 6.45) is 4.51. The number of fused-ring (bicyclic) bond motifs is 2. The first kappa shape index (κ1) is 21.7. The molecule has 1 aliphatic rings. The smallest absolute Gasteiger partial charge is 0.290 e. The van der Waals surface area contributed by atoms with E-state index in [0.29, 0.717) is 16.6 Å². The summed E-state index contributed by atoms with van der Waals surface area (Å²) >= 11 is 1.47. The topological polar surface area (TPSA) is 118 Å². The molecule has 1 amide bonds. The van der Waals surface area contributed by atoms with Gasteiger partial charge in [0.25, 0.3) is 11.7 Å². The van der Waals surface area contributed by atoms with E-state index in [1.54, 1.807) is 13.1 Å². The van der Waals surface area contributed by atoms with E-state index in [1.807, 2.05) is 36.6 Å². The van der Waals surface area contributed by atoms with E-state index in [-0.39, 0.29) is 18.4 Å². The molecule has 1 aromatic carbocycles. The fourth-order valence-corrected chi connectivity index (χ4v) is 4.56. The molecule has 1 atom stereocenters. The van der Waals surface area contributed by atoms with Crippen molar-refractivity contribution in [2.75, 3.05) is 13.1 Å². The lowest BCUT2D eigenvalue weighted by atomic mass is 10.1. The lowest BCUT2D eigenvalue weighted by Gasteiger charge is -2.15. The molecule has 10 heteroatoms. The molecule has 4 heterocycles. The Kier molecular flexibility index (Phi) is 6.62. The highest BCUT2D eigenvalue weighted by Crippen LogP contribution is 2.33. The second-order valence-corrected chi connectivity index (χ2v) is 8.35. The molecule has 0 spiro atoms. The van der Waals surface area contributed by atoms with Crippen LogP contribution in [0.25, 0.3) is 21.3 Å². The Morgan fingerprint density at radius 2 is 2.28 bits per heavy atom. The van der Waals surface area contributed by atoms with Crippen molar-refractivity contribution < 1.29 is 23.8 Å². The normalized spacial score (nSPS) is 16.0. The van der Waals surface area contributed by atoms with Crippen LogP contribution in [-0.4, -0.2) is 51.5 Å². The number of carbonyl (C=O) groups excluding carboxylic acids is 1. The van der Waals surface area contributed by atoms with Gasteiger partial charge in [0.05, 0.1) is 11.0 Å². The third-order valence-corrected chi connectivity index (χ3v) is 5.94. The molecule has 1 fully saturated rings. The lowest BCUT2D eigenvalue weighted by molar-refractivity contribution is -0.123. The second-order valence-electron chi connectivity index (χ2n) is 7.35. The Morgan fingerprint density at radius 3 is 3.06 bits per heavy atom. The monoisotopic (exact) mass is 454 g/mol. The number of carbonyl (C=O) groups is 2. The summed E-state index contributed by atoms with van der Waals surface area (Å²) in [7, 11) is 0. The third kappa shape index (κ3) is 5.04. The number of pyridine rings is 1. The van der Waals surface area contributed by atoms with Crippen LogP contribution in [0.4, 0.5) is 0 Å². The van der Waals surface area contributed by atoms with Crippen LogP contribution in [0.3, 0.4) is 0 Å². The first-order valence-corrected chi connectivity index (χ1v) is 10.8. The van der Waals surface area contributed by atoms with Gasteiger partial charge in [-0.1, -0.05) is 11.3 Å². The fourth-order valence-electron chi connectivity index (χ4n) is 3.77. The first-order valence-electron chi connectivity index (χ1n) is 10.0. The average molecular weight is 455 g/mol. The van der Waals surface area contributed by atoms with Gasteiger partial charge in [-0.05, 0) is 30.7 Å². The number of nitrogens with zero attached hydrogens (tertiary/aromatic N) is 3. The van der Waals surface area contributed by atoms with Crippen LogP contribution in [0.2, 0.25) is 0 Å². The van der Waals surface area contributed by atoms with Gasteiger partial charge in [0.1, 0.15) is 11.3 Å². The van der Waals surface area contributed by atoms with Crippen molar-refractivity contribution in [3.8, 4) is 10.9 Å². The maximum Gasteiger partial charge on any atom is 0.290 e. The second kappa shape index (κ2) is 9.75. The van der Waals surface area contributed by atoms with Gasteiger partial charge in [0, 0.05) is 55.8 Å². The minimum Gasteiger partial charge on any atom is -0.483 e. The van der Waals surface area contributed by atoms with Crippen LogP contribution < -0.4 is 10.1 Å². The van der Waals surface area contributed by atoms with Crippen LogP contribution in [0.5, 0.6) is 10.9 Å². The summed E-state index contributed by atoms with van der Waals surface area (Å²) in [4.78, 5) is 30.6. The number of likely N-dealkylation sites (tertiary alicyclic amines) is 1. The molecule has 32 heavy (non-hydrogen) atoms. The fraction of sp³-hybridized carbons (Fsp3) is 0.273. The third-order valence-electron chi connectivity index (χ3n) is 5.05. The zero-order valence-corrected chi connectivity index (χ0v) is 18.2. The molecule has 1 aliphatic heterocycles. The largest absolute Gasteiger partial charge is 0.483 e. The Labute approximate surface area is 187 Å². The minimum absolute atomic E-state index is 0.0297. The molecule has 0 radical (unpaired) electrons. The number of aromatic nitrogens is 2. The summed E-state index contributed by atoms with van der Waals surface area (Å²) in [5.41, 5.74) is 2.62. The van der Waals surface area contributed by atoms with Crippen molar-refractivity contribution >= 4 is 45.0 Å². The standard InChI is InChI=1S/C21H20N4O3S.CH2O2/c1-13(26)23-15-6-8-25(11-15)10-14-12-27-18-9-16(4-5-17(14)18)28-21-24-20-19(29-21)3-2-7-22-20;2-1-3/h2-5,7,9,12,15H,6,8,10-11H2,1H3,(H,23,26);1H,(H,2,3). The van der Waals surface area contributed by atoms with Crippen LogP contribution in [0, 0.1) is 0 Å². The van der Waals surface area contributed by atoms with Gasteiger partial charge in [-0.15, -0.1) is 0 Å². The lowest BCUT2D eigenvalue weighted by Crippen LogP contribution is -2.35. The summed E-state index contributed by atoms with van der Waals surface area (Å²) in [6, 6.07) is 9.95. The van der Waals surface area contributed by atoms with Gasteiger partial charge in [0.15, 0.2) is 5.65 Å². The molecule has 0 saturated carbocycles. The van der Waals surface area contributed by atoms with Crippen LogP contribution >= 0.6 is 11.3 Å². The highest BCUT2D eigenvalue weighted by atomic mass is 32.1. The van der Waals surface area contributed by atoms with Gasteiger partial charge < -0.3 is 19.6 Å². The molecular formula is C22H22N4O5S. The number of rotatable bonds is 5. The van der Waals surface area contributed by atoms with Gasteiger partial charge in [-0.3, -0.25) is 14.5 Å². The van der Waals surface area contributed by atoms with E-state index in [9.17, 15) is 4.79 Å². The number of amides is 1. The maximum absolute atomic E-state index is 11.2. The molecule has 5 rings (SSSR count). The highest BCUT2D eigenvalue weighted by Gasteiger charge is 2.24. The van der Waals surface area contributed by atoms with Crippen molar-refractivity contribution in [3.05, 3.63) is 48.4 Å². The van der Waals surface area contributed by atoms with E-state index >= 15 is 0 Å². The van der Waals surface area contributed by atoms with Crippen molar-refractivity contribution in [2.24, 2.45) is 0 Å². The number of nitrogens with one attached hydrogen (secondary N) is 1. The molecule has 2 N–H and O–H groups in total. The number of thiazole rings is 1. The van der Waals surface area contributed by atoms with Gasteiger partial charge in [0.2, 0.25) is 5.91 Å². The SMILES string of the molecule is CC(=O)NC1CCN(Cc2coc3cc(Oc4nc5ncccc5s4)ccc23)C1.O=CO. The Bertz CT molecular complexity index is 1200. The van der Waals surface area contributed by atoms with Crippen LogP contribution in [-0.2, 0) is 16.1 Å². The Hall–Kier alpha value is -3.50. The summed E-state index contributed by atoms with van der Waals surface area (Å²) in [6.45, 7) is 3.94. The quantitative estimate of drug-likeness (QED) is 0.439. The van der Waals surface area contributed by atoms with Crippen LogP contribution in [0.15, 0.2) is 47.2 Å². The number of furan rings is 1. The molecule has 166 valence electrons. The van der Waals surface area contributed by atoms with E-state index in [2.05, 4.69) is 20.2 Å². The highest BCUT2D eigenvalue weighted by molar-refractivity contribution is 7.20. The molecule has 1 saturated heterocycles. The number of hydrogen-bond donors (Lipinski definition) is 2. The summed E-state index contributed by atoms with van der Waals surface area (Å²) in [5.74, 6) is 0.714. The first-order chi connectivity index (χ1) is 15.6. The molecule has 0 aliphatic carbocycles. The zero-order chi connectivity index (χ0) is 22.5. The van der Waals surface area contributed by atoms with E-state index in [1.165, 1.54) is 11.3 Å².